The summed E-state index contributed by atoms with van der Waals surface area (Å²) in [5.74, 6) is -1.24. The van der Waals surface area contributed by atoms with Crippen LogP contribution in [0.3, 0.4) is 0 Å². The zero-order chi connectivity index (χ0) is 86.2. The van der Waals surface area contributed by atoms with Gasteiger partial charge in [-0.2, -0.15) is 0 Å². The Hall–Kier alpha value is -7.54. The highest BCUT2D eigenvalue weighted by Gasteiger charge is 2.32. The van der Waals surface area contributed by atoms with E-state index in [0.29, 0.717) is 118 Å². The molecule has 4 N–H and O–H groups in total. The second-order valence-electron chi connectivity index (χ2n) is 33.9. The van der Waals surface area contributed by atoms with Crippen LogP contribution in [0.15, 0.2) is 72.8 Å². The van der Waals surface area contributed by atoms with Gasteiger partial charge < -0.3 is 40.2 Å². The molecule has 3 unspecified atom stereocenters. The van der Waals surface area contributed by atoms with Gasteiger partial charge in [-0.3, -0.25) is 103 Å². The van der Waals surface area contributed by atoms with Crippen LogP contribution in [0, 0.1) is 30.3 Å². The number of carbonyl (C=O) groups excluding carboxylic acids is 8. The number of benzene rings is 3. The van der Waals surface area contributed by atoms with E-state index in [0.717, 1.165) is 68.9 Å². The van der Waals surface area contributed by atoms with E-state index in [1.807, 2.05) is 41.5 Å². The van der Waals surface area contributed by atoms with E-state index in [2.05, 4.69) is 60.9 Å². The second kappa shape index (κ2) is 51.6. The zero-order valence-corrected chi connectivity index (χ0v) is 72.8. The number of ketones is 4. The number of hydrogen-bond donors (Lipinski definition) is 3. The second-order valence-corrected chi connectivity index (χ2v) is 34.4. The molecule has 115 heavy (non-hydrogen) atoms. The number of esters is 4. The van der Waals surface area contributed by atoms with Gasteiger partial charge in [-0.1, -0.05) is 58.7 Å². The van der Waals surface area contributed by atoms with Gasteiger partial charge in [-0.15, -0.1) is 0 Å². The quantitative estimate of drug-likeness (QED) is 0.0180. The Morgan fingerprint density at radius 3 is 1.09 bits per heavy atom. The van der Waals surface area contributed by atoms with Crippen molar-refractivity contribution in [2.45, 2.75) is 190 Å². The molecule has 3 saturated heterocycles. The zero-order valence-electron chi connectivity index (χ0n) is 71.2. The molecule has 3 aliphatic rings. The number of nitrogens with zero attached hydrogens (tertiary/aromatic N) is 11. The summed E-state index contributed by atoms with van der Waals surface area (Å²) in [5, 5.41) is 40.0. The fourth-order valence-corrected chi connectivity index (χ4v) is 13.2. The number of Topliss-reactive ketones (excluding diaryl/α,β-unsaturated/α-hetero) is 4. The average Bonchev–Trinajstić information content (AvgIpc) is 1.85. The minimum absolute atomic E-state index is 0.0307. The molecular formula is C82H133BrN14O18. The van der Waals surface area contributed by atoms with Crippen molar-refractivity contribution in [1.29, 1.82) is 0 Å². The largest absolute Gasteiger partial charge is 0.459 e. The van der Waals surface area contributed by atoms with Crippen molar-refractivity contribution in [3.63, 3.8) is 0 Å². The molecule has 0 aromatic heterocycles. The van der Waals surface area contributed by atoms with Gasteiger partial charge in [0, 0.05) is 166 Å². The molecule has 0 saturated carbocycles. The van der Waals surface area contributed by atoms with Crippen LogP contribution >= 0.6 is 15.9 Å². The maximum absolute atomic E-state index is 13.2. The third-order valence-electron chi connectivity index (χ3n) is 18.0. The van der Waals surface area contributed by atoms with Gasteiger partial charge in [0.1, 0.15) is 50.9 Å². The standard InChI is InChI=1S/C33H53N5O8.C27H43N5O6.C16H26N4O2.C6H11BrO2/c1-25(39)20-34-13-14-35(21-26(2)40)16-18-36(17-15-34)22-29(19-27-9-11-28(12-10-27)38(43)44)37(23-30(41)45-32(3,4)5)24-31(42)46-33(6,7)8;1-21(33)18-29-10-11-30(19-22(2)34)13-15-31(14-12-29)20-24(28-17-26(35)38-27(3,4)5)16-23-6-8-25(9-7-23)32(36)37;17-15(12-14-4-6-16(7-5-14)20(21)22)13-19-10-3-1-2-8-18-9-11-19;1-6(2,3)9-5(8)4-7/h9-12,29H,13-24H2,1-8H3;6-9,24,28H,10-20H2,1-5H3;4-7,15,18H,1-3,8-13,17H2;4H2,1-3H3. The number of ether oxygens (including phenoxy) is 4. The van der Waals surface area contributed by atoms with Crippen LogP contribution in [-0.4, -0.2) is 317 Å². The summed E-state index contributed by atoms with van der Waals surface area (Å²) in [7, 11) is 0. The van der Waals surface area contributed by atoms with Gasteiger partial charge in [0.2, 0.25) is 0 Å². The molecule has 3 atom stereocenters. The molecular weight excluding hydrogens is 1550 g/mol. The number of nitro benzene ring substituents is 3. The molecule has 0 amide bonds. The van der Waals surface area contributed by atoms with Crippen LogP contribution in [0.1, 0.15) is 147 Å². The summed E-state index contributed by atoms with van der Waals surface area (Å²) in [5.41, 5.74) is 6.76. The average molecular weight is 1680 g/mol. The Balaban J connectivity index is 0.000000442. The fourth-order valence-electron chi connectivity index (χ4n) is 13.0. The van der Waals surface area contributed by atoms with Gasteiger partial charge in [-0.25, -0.2) is 0 Å². The summed E-state index contributed by atoms with van der Waals surface area (Å²) >= 11 is 2.99. The predicted octanol–water partition coefficient (Wildman–Crippen LogP) is 7.39. The van der Waals surface area contributed by atoms with Gasteiger partial charge in [0.25, 0.3) is 17.1 Å². The van der Waals surface area contributed by atoms with Gasteiger partial charge in [0.15, 0.2) is 0 Å². The summed E-state index contributed by atoms with van der Waals surface area (Å²) < 4.78 is 21.6. The van der Waals surface area contributed by atoms with E-state index in [1.54, 1.807) is 123 Å². The highest BCUT2D eigenvalue weighted by atomic mass is 79.9. The molecule has 3 heterocycles. The van der Waals surface area contributed by atoms with E-state index in [4.69, 9.17) is 24.7 Å². The molecule has 32 nitrogen and oxygen atoms in total. The maximum atomic E-state index is 13.2. The first-order chi connectivity index (χ1) is 53.7. The van der Waals surface area contributed by atoms with Crippen LogP contribution in [-0.2, 0) is 76.6 Å². The first-order valence-electron chi connectivity index (χ1n) is 39.8. The molecule has 3 aliphatic heterocycles. The Bertz CT molecular complexity index is 3420. The molecule has 6 rings (SSSR count). The number of nitrogens with two attached hydrogens (primary N) is 1. The molecule has 646 valence electrons. The first kappa shape index (κ1) is 102. The lowest BCUT2D eigenvalue weighted by Gasteiger charge is -2.36. The molecule has 33 heteroatoms. The maximum Gasteiger partial charge on any atom is 0.320 e. The number of carbonyl (C=O) groups is 8. The Kier molecular flexibility index (Phi) is 45.6. The SMILES string of the molecule is CC(=O)CN1CCN(CC(C)=O)CCN(CC(Cc2ccc([N+](=O)[O-])cc2)N(CC(=O)OC(C)(C)C)CC(=O)OC(C)(C)C)CC1.CC(=O)CN1CCN(CC(C)=O)CCN(CC(Cc2ccc([N+](=O)[O-])cc2)NCC(=O)OC(C)(C)C)CC1.CC(C)(C)OC(=O)CBr.NC(Cc1ccc([N+](=O)[O-])cc1)CN1CCCCCNCC1. The molecule has 0 bridgehead atoms. The predicted molar refractivity (Wildman–Crippen MR) is 447 cm³/mol. The number of halogens is 1. The molecule has 0 spiro atoms. The number of nitro groups is 3. The number of hydrogen-bond acceptors (Lipinski definition) is 29. The van der Waals surface area contributed by atoms with Crippen molar-refractivity contribution in [2.24, 2.45) is 5.73 Å². The topological polar surface area (TPSA) is 379 Å². The van der Waals surface area contributed by atoms with Crippen LogP contribution in [0.2, 0.25) is 0 Å². The molecule has 0 radical (unpaired) electrons. The fraction of sp³-hybridized carbons (Fsp3) is 0.683. The minimum Gasteiger partial charge on any atom is -0.459 e. The minimum atomic E-state index is -0.732. The Morgan fingerprint density at radius 2 is 0.748 bits per heavy atom. The third kappa shape index (κ3) is 48.7. The third-order valence-corrected chi connectivity index (χ3v) is 18.4. The van der Waals surface area contributed by atoms with Crippen molar-refractivity contribution >= 4 is 80.0 Å². The summed E-state index contributed by atoms with van der Waals surface area (Å²) in [6.07, 6.45) is 5.44. The van der Waals surface area contributed by atoms with E-state index < -0.39 is 44.6 Å². The normalized spacial score (nSPS) is 16.8. The Labute approximate surface area is 689 Å². The highest BCUT2D eigenvalue weighted by Crippen LogP contribution is 2.22. The number of alkyl halides is 1. The van der Waals surface area contributed by atoms with Crippen LogP contribution in [0.5, 0.6) is 0 Å². The molecule has 0 aliphatic carbocycles. The van der Waals surface area contributed by atoms with Gasteiger partial charge >= 0.3 is 23.9 Å². The van der Waals surface area contributed by atoms with Crippen LogP contribution in [0.4, 0.5) is 17.1 Å². The van der Waals surface area contributed by atoms with E-state index in [-0.39, 0.29) is 99.7 Å². The molecule has 3 aromatic rings. The van der Waals surface area contributed by atoms with Crippen molar-refractivity contribution in [3.8, 4) is 0 Å². The van der Waals surface area contributed by atoms with Gasteiger partial charge in [-0.05, 0) is 173 Å². The van der Waals surface area contributed by atoms with Crippen molar-refractivity contribution < 1.29 is 72.1 Å². The lowest BCUT2D eigenvalue weighted by molar-refractivity contribution is -0.385. The van der Waals surface area contributed by atoms with Crippen molar-refractivity contribution in [1.82, 2.24) is 49.8 Å². The summed E-state index contributed by atoms with van der Waals surface area (Å²) in [6, 6.07) is 18.9. The number of nitrogens with one attached hydrogen (secondary N) is 2. The highest BCUT2D eigenvalue weighted by molar-refractivity contribution is 9.09. The first-order valence-corrected chi connectivity index (χ1v) is 40.9. The van der Waals surface area contributed by atoms with E-state index in [9.17, 15) is 68.7 Å². The molecule has 3 aromatic carbocycles. The summed E-state index contributed by atoms with van der Waals surface area (Å²) in [6.45, 7) is 43.2. The van der Waals surface area contributed by atoms with Crippen LogP contribution in [0.25, 0.3) is 0 Å². The molecule has 3 fully saturated rings. The van der Waals surface area contributed by atoms with Crippen molar-refractivity contribution in [3.05, 3.63) is 120 Å². The smallest absolute Gasteiger partial charge is 0.320 e. The lowest BCUT2D eigenvalue weighted by Crippen LogP contribution is -2.52. The number of rotatable bonds is 32. The Morgan fingerprint density at radius 1 is 0.426 bits per heavy atom. The van der Waals surface area contributed by atoms with E-state index in [1.165, 1.54) is 43.5 Å². The van der Waals surface area contributed by atoms with Crippen molar-refractivity contribution in [2.75, 3.05) is 175 Å². The number of non-ortho nitro benzene ring substituents is 3. The lowest BCUT2D eigenvalue weighted by atomic mass is 10.0. The monoisotopic (exact) mass is 1680 g/mol. The summed E-state index contributed by atoms with van der Waals surface area (Å²) in [4.78, 5) is 146. The van der Waals surface area contributed by atoms with Crippen LogP contribution < -0.4 is 16.4 Å². The van der Waals surface area contributed by atoms with E-state index >= 15 is 0 Å². The van der Waals surface area contributed by atoms with Gasteiger partial charge in [0.05, 0.1) is 60.6 Å².